The number of aliphatic hydroxyl groups excluding tert-OH is 1. The van der Waals surface area contributed by atoms with Crippen molar-refractivity contribution < 1.29 is 15.0 Å². The molecule has 6 nitrogen and oxygen atoms in total. The van der Waals surface area contributed by atoms with E-state index in [-0.39, 0.29) is 30.7 Å². The van der Waals surface area contributed by atoms with Crippen LogP contribution in [0.2, 0.25) is 0 Å². The van der Waals surface area contributed by atoms with Crippen molar-refractivity contribution >= 4 is 36.4 Å². The van der Waals surface area contributed by atoms with Crippen molar-refractivity contribution in [2.24, 2.45) is 0 Å². The molecular formula is C17H27Cl2N3O3. The molecular weight excluding hydrogens is 365 g/mol. The zero-order chi connectivity index (χ0) is 16.2. The first kappa shape index (κ1) is 21.8. The molecule has 2 N–H and O–H groups in total. The highest BCUT2D eigenvalue weighted by Crippen LogP contribution is 2.27. The molecule has 2 saturated heterocycles. The quantitative estimate of drug-likeness (QED) is 0.792. The molecule has 3 rings (SSSR count). The van der Waals surface area contributed by atoms with E-state index in [0.717, 1.165) is 44.8 Å². The minimum absolute atomic E-state index is 0. The number of hydrogen-bond acceptors (Lipinski definition) is 5. The van der Waals surface area contributed by atoms with E-state index >= 15 is 0 Å². The maximum absolute atomic E-state index is 11.6. The van der Waals surface area contributed by atoms with Gasteiger partial charge >= 0.3 is 0 Å². The molecule has 1 amide bonds. The van der Waals surface area contributed by atoms with E-state index in [1.165, 1.54) is 0 Å². The fourth-order valence-electron chi connectivity index (χ4n) is 3.41. The summed E-state index contributed by atoms with van der Waals surface area (Å²) >= 11 is 0. The number of phenols is 1. The summed E-state index contributed by atoms with van der Waals surface area (Å²) in [7, 11) is 0. The van der Waals surface area contributed by atoms with Crippen LogP contribution in [-0.4, -0.2) is 77.8 Å². The van der Waals surface area contributed by atoms with Crippen LogP contribution in [0.4, 0.5) is 5.69 Å². The van der Waals surface area contributed by atoms with E-state index in [4.69, 9.17) is 0 Å². The topological polar surface area (TPSA) is 67.3 Å². The molecule has 1 atom stereocenters. The predicted molar refractivity (Wildman–Crippen MR) is 103 cm³/mol. The molecule has 142 valence electrons. The number of rotatable bonds is 5. The maximum Gasteiger partial charge on any atom is 0.222 e. The average Bonchev–Trinajstić information content (AvgIpc) is 2.94. The van der Waals surface area contributed by atoms with Crippen LogP contribution in [0.3, 0.4) is 0 Å². The van der Waals surface area contributed by atoms with Crippen molar-refractivity contribution in [3.05, 3.63) is 24.3 Å². The van der Waals surface area contributed by atoms with Crippen LogP contribution in [0.5, 0.6) is 5.75 Å². The Hall–Kier alpha value is -1.21. The Morgan fingerprint density at radius 3 is 2.28 bits per heavy atom. The number of halogens is 2. The number of β-amino-alcohol motifs (C(OH)–C–C–N with tert-alkyl or cyclic N) is 1. The second-order valence-corrected chi connectivity index (χ2v) is 6.37. The lowest BCUT2D eigenvalue weighted by Crippen LogP contribution is -2.50. The maximum atomic E-state index is 11.6. The highest BCUT2D eigenvalue weighted by atomic mass is 35.5. The SMILES string of the molecule is Cl.Cl.O=C1CCCN1CC(O)CN1CCN(c2ccccc2O)CC1. The lowest BCUT2D eigenvalue weighted by molar-refractivity contribution is -0.129. The predicted octanol–water partition coefficient (Wildman–Crippen LogP) is 1.34. The number of carbonyl (C=O) groups excluding carboxylic acids is 1. The number of anilines is 1. The molecule has 1 unspecified atom stereocenters. The first-order valence-electron chi connectivity index (χ1n) is 8.34. The van der Waals surface area contributed by atoms with Crippen LogP contribution in [-0.2, 0) is 4.79 Å². The Labute approximate surface area is 161 Å². The second-order valence-electron chi connectivity index (χ2n) is 6.37. The molecule has 1 aromatic rings. The third kappa shape index (κ3) is 5.64. The number of amides is 1. The van der Waals surface area contributed by atoms with E-state index in [0.29, 0.717) is 25.3 Å². The molecule has 0 aromatic heterocycles. The average molecular weight is 392 g/mol. The number of aliphatic hydroxyl groups is 1. The number of aromatic hydroxyl groups is 1. The van der Waals surface area contributed by atoms with Crippen LogP contribution in [0.25, 0.3) is 0 Å². The Balaban J connectivity index is 0.00000156. The molecule has 1 aromatic carbocycles. The van der Waals surface area contributed by atoms with Crippen molar-refractivity contribution in [3.63, 3.8) is 0 Å². The zero-order valence-corrected chi connectivity index (χ0v) is 15.8. The Bertz CT molecular complexity index is 554. The van der Waals surface area contributed by atoms with E-state index in [1.807, 2.05) is 18.2 Å². The van der Waals surface area contributed by atoms with Gasteiger partial charge in [0.2, 0.25) is 5.91 Å². The summed E-state index contributed by atoms with van der Waals surface area (Å²) < 4.78 is 0. The summed E-state index contributed by atoms with van der Waals surface area (Å²) in [5.74, 6) is 0.474. The molecule has 2 aliphatic rings. The molecule has 2 heterocycles. The molecule has 0 bridgehead atoms. The lowest BCUT2D eigenvalue weighted by Gasteiger charge is -2.37. The number of phenolic OH excluding ortho intramolecular Hbond substituents is 1. The highest BCUT2D eigenvalue weighted by molar-refractivity contribution is 5.85. The molecule has 0 saturated carbocycles. The summed E-state index contributed by atoms with van der Waals surface area (Å²) in [4.78, 5) is 17.8. The fourth-order valence-corrected chi connectivity index (χ4v) is 3.41. The number of hydrogen-bond donors (Lipinski definition) is 2. The van der Waals surface area contributed by atoms with Crippen LogP contribution >= 0.6 is 24.8 Å². The van der Waals surface area contributed by atoms with Gasteiger partial charge in [-0.1, -0.05) is 12.1 Å². The van der Waals surface area contributed by atoms with Crippen LogP contribution < -0.4 is 4.90 Å². The van der Waals surface area contributed by atoms with Gasteiger partial charge in [-0.15, -0.1) is 24.8 Å². The number of nitrogens with zero attached hydrogens (tertiary/aromatic N) is 3. The summed E-state index contributed by atoms with van der Waals surface area (Å²) in [5.41, 5.74) is 0.871. The number of carbonyl (C=O) groups is 1. The first-order valence-corrected chi connectivity index (χ1v) is 8.34. The van der Waals surface area contributed by atoms with Gasteiger partial charge < -0.3 is 20.0 Å². The normalized spacial score (nSPS) is 19.3. The third-order valence-corrected chi connectivity index (χ3v) is 4.67. The van der Waals surface area contributed by atoms with Crippen LogP contribution in [0.1, 0.15) is 12.8 Å². The second kappa shape index (κ2) is 10.1. The van der Waals surface area contributed by atoms with Crippen LogP contribution in [0.15, 0.2) is 24.3 Å². The van der Waals surface area contributed by atoms with Gasteiger partial charge in [-0.05, 0) is 18.6 Å². The van der Waals surface area contributed by atoms with Crippen LogP contribution in [0, 0.1) is 0 Å². The van der Waals surface area contributed by atoms with Crippen molar-refractivity contribution in [1.82, 2.24) is 9.80 Å². The van der Waals surface area contributed by atoms with Gasteiger partial charge in [0.15, 0.2) is 0 Å². The minimum Gasteiger partial charge on any atom is -0.506 e. The standard InChI is InChI=1S/C17H25N3O3.2ClH/c21-14(13-20-7-3-6-17(20)23)12-18-8-10-19(11-9-18)15-4-1-2-5-16(15)22;;/h1-2,4-5,14,21-22H,3,6-13H2;2*1H. The fraction of sp³-hybridized carbons (Fsp3) is 0.588. The molecule has 8 heteroatoms. The van der Waals surface area contributed by atoms with Crippen molar-refractivity contribution in [3.8, 4) is 5.75 Å². The van der Waals surface area contributed by atoms with Gasteiger partial charge in [-0.2, -0.15) is 0 Å². The summed E-state index contributed by atoms with van der Waals surface area (Å²) in [6.07, 6.45) is 1.03. The number of benzene rings is 1. The monoisotopic (exact) mass is 391 g/mol. The van der Waals surface area contributed by atoms with Crippen molar-refractivity contribution in [1.29, 1.82) is 0 Å². The van der Waals surface area contributed by atoms with E-state index in [2.05, 4.69) is 9.80 Å². The number of para-hydroxylation sites is 2. The number of piperazine rings is 1. The van der Waals surface area contributed by atoms with E-state index in [9.17, 15) is 15.0 Å². The molecule has 2 fully saturated rings. The Kier molecular flexibility index (Phi) is 8.79. The highest BCUT2D eigenvalue weighted by Gasteiger charge is 2.25. The van der Waals surface area contributed by atoms with Crippen molar-refractivity contribution in [2.75, 3.05) is 50.7 Å². The zero-order valence-electron chi connectivity index (χ0n) is 14.2. The van der Waals surface area contributed by atoms with Gasteiger partial charge in [0.05, 0.1) is 11.8 Å². The van der Waals surface area contributed by atoms with Crippen molar-refractivity contribution in [2.45, 2.75) is 18.9 Å². The van der Waals surface area contributed by atoms with Gasteiger partial charge in [0.25, 0.3) is 0 Å². The summed E-state index contributed by atoms with van der Waals surface area (Å²) in [6, 6.07) is 7.39. The Morgan fingerprint density at radius 2 is 1.68 bits per heavy atom. The lowest BCUT2D eigenvalue weighted by atomic mass is 10.2. The number of likely N-dealkylation sites (tertiary alicyclic amines) is 1. The molecule has 0 radical (unpaired) electrons. The van der Waals surface area contributed by atoms with Gasteiger partial charge in [-0.25, -0.2) is 0 Å². The van der Waals surface area contributed by atoms with E-state index in [1.54, 1.807) is 11.0 Å². The van der Waals surface area contributed by atoms with Gasteiger partial charge in [0, 0.05) is 52.2 Å². The largest absolute Gasteiger partial charge is 0.506 e. The van der Waals surface area contributed by atoms with E-state index < -0.39 is 6.10 Å². The molecule has 0 spiro atoms. The first-order chi connectivity index (χ1) is 11.1. The smallest absolute Gasteiger partial charge is 0.222 e. The van der Waals surface area contributed by atoms with Gasteiger partial charge in [0.1, 0.15) is 5.75 Å². The Morgan fingerprint density at radius 1 is 1.00 bits per heavy atom. The van der Waals surface area contributed by atoms with Gasteiger partial charge in [-0.3, -0.25) is 9.69 Å². The molecule has 0 aliphatic carbocycles. The minimum atomic E-state index is -0.492. The summed E-state index contributed by atoms with van der Waals surface area (Å²) in [6.45, 7) is 5.16. The molecule has 25 heavy (non-hydrogen) atoms. The third-order valence-electron chi connectivity index (χ3n) is 4.67. The molecule has 2 aliphatic heterocycles. The summed E-state index contributed by atoms with van der Waals surface area (Å²) in [5, 5.41) is 20.1.